The van der Waals surface area contributed by atoms with E-state index >= 15 is 0 Å². The van der Waals surface area contributed by atoms with Gasteiger partial charge in [-0.3, -0.25) is 9.59 Å². The molecule has 0 aromatic heterocycles. The number of Topliss-reactive ketones (excluding diaryl/α,β-unsaturated/α-hetero) is 1. The predicted molar refractivity (Wildman–Crippen MR) is 78.5 cm³/mol. The van der Waals surface area contributed by atoms with Crippen LogP contribution in [0.5, 0.6) is 5.75 Å². The van der Waals surface area contributed by atoms with E-state index in [-0.39, 0.29) is 24.5 Å². The van der Waals surface area contributed by atoms with E-state index in [1.807, 2.05) is 0 Å². The number of rotatable bonds is 7. The standard InChI is InChI=1S/C16H21NO4/c1-20-14-4-2-13(3-5-14)15(18)6-7-16(19)17-10-12-8-9-21-11-12/h2-5,12H,6-11H2,1H3,(H,17,19)/t12-/m0/s1. The van der Waals surface area contributed by atoms with E-state index in [9.17, 15) is 9.59 Å². The van der Waals surface area contributed by atoms with Crippen LogP contribution >= 0.6 is 0 Å². The summed E-state index contributed by atoms with van der Waals surface area (Å²) >= 11 is 0. The Morgan fingerprint density at radius 1 is 1.29 bits per heavy atom. The first-order valence-corrected chi connectivity index (χ1v) is 7.20. The van der Waals surface area contributed by atoms with Crippen molar-refractivity contribution in [1.82, 2.24) is 5.32 Å². The van der Waals surface area contributed by atoms with Gasteiger partial charge in [0.05, 0.1) is 13.7 Å². The fourth-order valence-electron chi connectivity index (χ4n) is 2.24. The topological polar surface area (TPSA) is 64.6 Å². The van der Waals surface area contributed by atoms with Crippen LogP contribution in [-0.2, 0) is 9.53 Å². The molecular weight excluding hydrogens is 270 g/mol. The molecule has 1 fully saturated rings. The minimum absolute atomic E-state index is 0.0306. The smallest absolute Gasteiger partial charge is 0.220 e. The molecule has 0 saturated carbocycles. The number of benzene rings is 1. The first-order valence-electron chi connectivity index (χ1n) is 7.20. The highest BCUT2D eigenvalue weighted by Gasteiger charge is 2.16. The third kappa shape index (κ3) is 4.86. The van der Waals surface area contributed by atoms with Crippen LogP contribution < -0.4 is 10.1 Å². The number of hydrogen-bond donors (Lipinski definition) is 1. The molecule has 114 valence electrons. The molecule has 1 atom stereocenters. The molecule has 1 aromatic rings. The SMILES string of the molecule is COc1ccc(C(=O)CCC(=O)NC[C@@H]2CCOC2)cc1. The van der Waals surface area contributed by atoms with Gasteiger partial charge in [-0.25, -0.2) is 0 Å². The average Bonchev–Trinajstić information content (AvgIpc) is 3.04. The van der Waals surface area contributed by atoms with Crippen molar-refractivity contribution < 1.29 is 19.1 Å². The number of nitrogens with one attached hydrogen (secondary N) is 1. The van der Waals surface area contributed by atoms with Crippen molar-refractivity contribution >= 4 is 11.7 Å². The van der Waals surface area contributed by atoms with Gasteiger partial charge in [0.25, 0.3) is 0 Å². The summed E-state index contributed by atoms with van der Waals surface area (Å²) in [5, 5.41) is 2.86. The Labute approximate surface area is 124 Å². The van der Waals surface area contributed by atoms with Crippen molar-refractivity contribution in [1.29, 1.82) is 0 Å². The van der Waals surface area contributed by atoms with Gasteiger partial charge in [-0.2, -0.15) is 0 Å². The Balaban J connectivity index is 1.70. The normalized spacial score (nSPS) is 17.5. The van der Waals surface area contributed by atoms with Gasteiger partial charge in [0.2, 0.25) is 5.91 Å². The Hall–Kier alpha value is -1.88. The summed E-state index contributed by atoms with van der Waals surface area (Å²) < 4.78 is 10.3. The van der Waals surface area contributed by atoms with Gasteiger partial charge in [-0.15, -0.1) is 0 Å². The molecule has 1 amide bonds. The molecule has 0 spiro atoms. The maximum Gasteiger partial charge on any atom is 0.220 e. The molecule has 5 heteroatoms. The van der Waals surface area contributed by atoms with Crippen molar-refractivity contribution in [2.45, 2.75) is 19.3 Å². The molecular formula is C16H21NO4. The van der Waals surface area contributed by atoms with Gasteiger partial charge in [0, 0.05) is 37.5 Å². The van der Waals surface area contributed by atoms with Crippen LogP contribution in [0.3, 0.4) is 0 Å². The van der Waals surface area contributed by atoms with Gasteiger partial charge in [-0.1, -0.05) is 0 Å². The van der Waals surface area contributed by atoms with E-state index in [0.717, 1.165) is 13.0 Å². The van der Waals surface area contributed by atoms with Crippen molar-refractivity contribution in [3.8, 4) is 5.75 Å². The van der Waals surface area contributed by atoms with Crippen molar-refractivity contribution in [3.63, 3.8) is 0 Å². The van der Waals surface area contributed by atoms with Gasteiger partial charge in [0.1, 0.15) is 5.75 Å². The van der Waals surface area contributed by atoms with E-state index < -0.39 is 0 Å². The van der Waals surface area contributed by atoms with E-state index in [0.29, 0.717) is 30.4 Å². The molecule has 1 aromatic carbocycles. The van der Waals surface area contributed by atoms with Gasteiger partial charge in [-0.05, 0) is 30.7 Å². The summed E-state index contributed by atoms with van der Waals surface area (Å²) in [5.74, 6) is 1.01. The number of amides is 1. The molecule has 21 heavy (non-hydrogen) atoms. The highest BCUT2D eigenvalue weighted by molar-refractivity contribution is 5.98. The van der Waals surface area contributed by atoms with Crippen LogP contribution in [0.2, 0.25) is 0 Å². The zero-order valence-electron chi connectivity index (χ0n) is 12.3. The third-order valence-electron chi connectivity index (χ3n) is 3.60. The van der Waals surface area contributed by atoms with Crippen LogP contribution in [0, 0.1) is 5.92 Å². The second-order valence-electron chi connectivity index (χ2n) is 5.19. The molecule has 1 N–H and O–H groups in total. The summed E-state index contributed by atoms with van der Waals surface area (Å²) in [6.45, 7) is 2.12. The highest BCUT2D eigenvalue weighted by Crippen LogP contribution is 2.14. The van der Waals surface area contributed by atoms with E-state index in [1.165, 1.54) is 0 Å². The van der Waals surface area contributed by atoms with Crippen LogP contribution in [0.15, 0.2) is 24.3 Å². The van der Waals surface area contributed by atoms with Crippen LogP contribution in [0.25, 0.3) is 0 Å². The molecule has 0 bridgehead atoms. The summed E-state index contributed by atoms with van der Waals surface area (Å²) in [5.41, 5.74) is 0.604. The summed E-state index contributed by atoms with van der Waals surface area (Å²) in [4.78, 5) is 23.7. The fraction of sp³-hybridized carbons (Fsp3) is 0.500. The lowest BCUT2D eigenvalue weighted by Gasteiger charge is -2.09. The van der Waals surface area contributed by atoms with E-state index in [1.54, 1.807) is 31.4 Å². The second kappa shape index (κ2) is 7.78. The quantitative estimate of drug-likeness (QED) is 0.778. The molecule has 1 saturated heterocycles. The number of carbonyl (C=O) groups excluding carboxylic acids is 2. The molecule has 5 nitrogen and oxygen atoms in total. The number of carbonyl (C=O) groups is 2. The minimum atomic E-state index is -0.0799. The number of ether oxygens (including phenoxy) is 2. The van der Waals surface area contributed by atoms with Gasteiger partial charge in [0.15, 0.2) is 5.78 Å². The summed E-state index contributed by atoms with van der Waals surface area (Å²) in [6.07, 6.45) is 1.43. The average molecular weight is 291 g/mol. The minimum Gasteiger partial charge on any atom is -0.497 e. The first-order chi connectivity index (χ1) is 10.2. The summed E-state index contributed by atoms with van der Waals surface area (Å²) in [6, 6.07) is 6.92. The first kappa shape index (κ1) is 15.5. The van der Waals surface area contributed by atoms with E-state index in [4.69, 9.17) is 9.47 Å². The van der Waals surface area contributed by atoms with E-state index in [2.05, 4.69) is 5.32 Å². The highest BCUT2D eigenvalue weighted by atomic mass is 16.5. The lowest BCUT2D eigenvalue weighted by molar-refractivity contribution is -0.121. The molecule has 0 aliphatic carbocycles. The van der Waals surface area contributed by atoms with Gasteiger partial charge < -0.3 is 14.8 Å². The molecule has 2 rings (SSSR count). The molecule has 0 unspecified atom stereocenters. The second-order valence-corrected chi connectivity index (χ2v) is 5.19. The van der Waals surface area contributed by atoms with Crippen molar-refractivity contribution in [3.05, 3.63) is 29.8 Å². The fourth-order valence-corrected chi connectivity index (χ4v) is 2.24. The Kier molecular flexibility index (Phi) is 5.75. The van der Waals surface area contributed by atoms with Crippen molar-refractivity contribution in [2.24, 2.45) is 5.92 Å². The lowest BCUT2D eigenvalue weighted by Crippen LogP contribution is -2.29. The number of methoxy groups -OCH3 is 1. The predicted octanol–water partition coefficient (Wildman–Crippen LogP) is 1.81. The molecule has 0 radical (unpaired) electrons. The maximum atomic E-state index is 12.0. The Morgan fingerprint density at radius 3 is 2.67 bits per heavy atom. The molecule has 1 heterocycles. The zero-order valence-corrected chi connectivity index (χ0v) is 12.3. The van der Waals surface area contributed by atoms with Crippen molar-refractivity contribution in [2.75, 3.05) is 26.9 Å². The zero-order chi connectivity index (χ0) is 15.1. The van der Waals surface area contributed by atoms with Crippen LogP contribution in [-0.4, -0.2) is 38.6 Å². The third-order valence-corrected chi connectivity index (χ3v) is 3.60. The Morgan fingerprint density at radius 2 is 2.05 bits per heavy atom. The van der Waals surface area contributed by atoms with Crippen LogP contribution in [0.4, 0.5) is 0 Å². The number of hydrogen-bond acceptors (Lipinski definition) is 4. The Bertz CT molecular complexity index is 478. The maximum absolute atomic E-state index is 12.0. The van der Waals surface area contributed by atoms with Gasteiger partial charge >= 0.3 is 0 Å². The lowest BCUT2D eigenvalue weighted by atomic mass is 10.1. The number of ketones is 1. The van der Waals surface area contributed by atoms with Crippen LogP contribution in [0.1, 0.15) is 29.6 Å². The molecule has 1 aliphatic rings. The molecule has 1 aliphatic heterocycles. The monoisotopic (exact) mass is 291 g/mol. The largest absolute Gasteiger partial charge is 0.497 e. The summed E-state index contributed by atoms with van der Waals surface area (Å²) in [7, 11) is 1.58.